The normalized spacial score (nSPS) is 11.2. The van der Waals surface area contributed by atoms with Gasteiger partial charge >= 0.3 is 5.97 Å². The van der Waals surface area contributed by atoms with Gasteiger partial charge in [-0.2, -0.15) is 0 Å². The maximum atomic E-state index is 12.5. The Bertz CT molecular complexity index is 1130. The Morgan fingerprint density at radius 1 is 1.08 bits per heavy atom. The number of esters is 1. The molecule has 0 unspecified atom stereocenters. The Kier molecular flexibility index (Phi) is 3.96. The highest BCUT2D eigenvalue weighted by atomic mass is 16.5. The number of imidazole rings is 1. The van der Waals surface area contributed by atoms with Crippen LogP contribution in [0.3, 0.4) is 0 Å². The van der Waals surface area contributed by atoms with Crippen molar-refractivity contribution < 1.29 is 9.53 Å². The van der Waals surface area contributed by atoms with E-state index in [4.69, 9.17) is 9.72 Å². The molecular formula is C22H20N2O2. The number of fused-ring (bicyclic) bond motifs is 3. The number of carbonyl (C=O) groups excluding carboxylic acids is 1. The summed E-state index contributed by atoms with van der Waals surface area (Å²) in [6.07, 6.45) is 1.90. The molecule has 4 aromatic rings. The first-order valence-electron chi connectivity index (χ1n) is 8.74. The van der Waals surface area contributed by atoms with E-state index in [1.807, 2.05) is 53.9 Å². The van der Waals surface area contributed by atoms with E-state index in [1.54, 1.807) is 0 Å². The van der Waals surface area contributed by atoms with Gasteiger partial charge in [0.1, 0.15) is 5.65 Å². The maximum Gasteiger partial charge on any atom is 0.338 e. The van der Waals surface area contributed by atoms with Crippen molar-refractivity contribution in [3.8, 4) is 11.1 Å². The molecule has 0 saturated heterocycles. The molecule has 0 aliphatic carbocycles. The van der Waals surface area contributed by atoms with Gasteiger partial charge in [0.25, 0.3) is 0 Å². The minimum Gasteiger partial charge on any atom is -0.462 e. The van der Waals surface area contributed by atoms with Crippen molar-refractivity contribution in [1.82, 2.24) is 9.38 Å². The molecule has 4 nitrogen and oxygen atoms in total. The summed E-state index contributed by atoms with van der Waals surface area (Å²) in [6, 6.07) is 15.9. The number of hydrogen-bond donors (Lipinski definition) is 0. The summed E-state index contributed by atoms with van der Waals surface area (Å²) < 4.78 is 7.32. The first-order chi connectivity index (χ1) is 12.6. The SMILES string of the molecule is CCOC(=O)c1ccn2c(nc3cc(C)c(C)cc32)c1-c1ccccc1. The van der Waals surface area contributed by atoms with Crippen LogP contribution in [0.25, 0.3) is 27.8 Å². The topological polar surface area (TPSA) is 43.6 Å². The fraction of sp³-hybridized carbons (Fsp3) is 0.182. The number of pyridine rings is 1. The van der Waals surface area contributed by atoms with Crippen molar-refractivity contribution >= 4 is 22.6 Å². The Balaban J connectivity index is 2.10. The van der Waals surface area contributed by atoms with Crippen LogP contribution in [0, 0.1) is 13.8 Å². The van der Waals surface area contributed by atoms with Crippen molar-refractivity contribution in [3.05, 3.63) is 71.4 Å². The van der Waals surface area contributed by atoms with Crippen LogP contribution in [0.4, 0.5) is 0 Å². The van der Waals surface area contributed by atoms with Gasteiger partial charge in [0.15, 0.2) is 0 Å². The summed E-state index contributed by atoms with van der Waals surface area (Å²) in [7, 11) is 0. The average Bonchev–Trinajstić information content (AvgIpc) is 2.99. The molecule has 0 atom stereocenters. The van der Waals surface area contributed by atoms with Gasteiger partial charge in [-0.15, -0.1) is 0 Å². The smallest absolute Gasteiger partial charge is 0.338 e. The molecule has 0 aliphatic heterocycles. The molecule has 0 radical (unpaired) electrons. The van der Waals surface area contributed by atoms with E-state index >= 15 is 0 Å². The summed E-state index contributed by atoms with van der Waals surface area (Å²) in [5.74, 6) is -0.326. The van der Waals surface area contributed by atoms with E-state index < -0.39 is 0 Å². The first kappa shape index (κ1) is 16.3. The maximum absolute atomic E-state index is 12.5. The van der Waals surface area contributed by atoms with E-state index in [9.17, 15) is 4.79 Å². The number of aromatic nitrogens is 2. The van der Waals surface area contributed by atoms with E-state index in [1.165, 1.54) is 11.1 Å². The number of hydrogen-bond acceptors (Lipinski definition) is 3. The third-order valence-electron chi connectivity index (χ3n) is 4.75. The second-order valence-corrected chi connectivity index (χ2v) is 6.42. The zero-order chi connectivity index (χ0) is 18.3. The Morgan fingerprint density at radius 3 is 2.54 bits per heavy atom. The lowest BCUT2D eigenvalue weighted by Crippen LogP contribution is -2.08. The van der Waals surface area contributed by atoms with Gasteiger partial charge in [-0.3, -0.25) is 4.40 Å². The van der Waals surface area contributed by atoms with Gasteiger partial charge in [0, 0.05) is 11.8 Å². The lowest BCUT2D eigenvalue weighted by molar-refractivity contribution is 0.0527. The van der Waals surface area contributed by atoms with E-state index in [2.05, 4.69) is 26.0 Å². The van der Waals surface area contributed by atoms with Gasteiger partial charge in [-0.1, -0.05) is 30.3 Å². The molecule has 2 aromatic heterocycles. The van der Waals surface area contributed by atoms with Crippen molar-refractivity contribution in [2.24, 2.45) is 0 Å². The zero-order valence-corrected chi connectivity index (χ0v) is 15.1. The quantitative estimate of drug-likeness (QED) is 0.494. The molecule has 4 rings (SSSR count). The largest absolute Gasteiger partial charge is 0.462 e. The van der Waals surface area contributed by atoms with Gasteiger partial charge in [0.05, 0.1) is 23.2 Å². The molecule has 0 amide bonds. The van der Waals surface area contributed by atoms with Crippen molar-refractivity contribution in [2.45, 2.75) is 20.8 Å². The second kappa shape index (κ2) is 6.30. The number of carbonyl (C=O) groups is 1. The molecule has 0 spiro atoms. The van der Waals surface area contributed by atoms with Gasteiger partial charge in [-0.25, -0.2) is 9.78 Å². The van der Waals surface area contributed by atoms with Crippen LogP contribution in [-0.4, -0.2) is 22.0 Å². The van der Waals surface area contributed by atoms with Crippen molar-refractivity contribution in [3.63, 3.8) is 0 Å². The number of ether oxygens (including phenoxy) is 1. The van der Waals surface area contributed by atoms with Crippen LogP contribution in [0.1, 0.15) is 28.4 Å². The molecule has 0 aliphatic rings. The predicted octanol–water partition coefficient (Wildman–Crippen LogP) is 4.95. The van der Waals surface area contributed by atoms with Crippen LogP contribution in [0.2, 0.25) is 0 Å². The molecule has 0 saturated carbocycles. The molecule has 4 heteroatoms. The highest BCUT2D eigenvalue weighted by Crippen LogP contribution is 2.32. The summed E-state index contributed by atoms with van der Waals surface area (Å²) in [6.45, 7) is 6.33. The highest BCUT2D eigenvalue weighted by molar-refractivity contribution is 6.02. The van der Waals surface area contributed by atoms with Gasteiger partial charge < -0.3 is 4.74 Å². The van der Waals surface area contributed by atoms with Gasteiger partial charge in [-0.05, 0) is 55.7 Å². The lowest BCUT2D eigenvalue weighted by Gasteiger charge is -2.11. The molecule has 0 N–H and O–H groups in total. The standard InChI is InChI=1S/C22H20N2O2/c1-4-26-22(25)17-10-11-24-19-13-15(3)14(2)12-18(19)23-21(24)20(17)16-8-6-5-7-9-16/h5-13H,4H2,1-3H3. The predicted molar refractivity (Wildman–Crippen MR) is 104 cm³/mol. The highest BCUT2D eigenvalue weighted by Gasteiger charge is 2.20. The van der Waals surface area contributed by atoms with E-state index in [0.717, 1.165) is 27.8 Å². The fourth-order valence-corrected chi connectivity index (χ4v) is 3.30. The minimum absolute atomic E-state index is 0.326. The van der Waals surface area contributed by atoms with Crippen LogP contribution in [0.5, 0.6) is 0 Å². The van der Waals surface area contributed by atoms with E-state index in [-0.39, 0.29) is 5.97 Å². The third-order valence-corrected chi connectivity index (χ3v) is 4.75. The van der Waals surface area contributed by atoms with Crippen LogP contribution in [0.15, 0.2) is 54.7 Å². The summed E-state index contributed by atoms with van der Waals surface area (Å²) in [5.41, 5.74) is 7.43. The van der Waals surface area contributed by atoms with Gasteiger partial charge in [0.2, 0.25) is 0 Å². The fourth-order valence-electron chi connectivity index (χ4n) is 3.30. The number of aryl methyl sites for hydroxylation is 2. The third kappa shape index (κ3) is 2.54. The first-order valence-corrected chi connectivity index (χ1v) is 8.74. The monoisotopic (exact) mass is 344 g/mol. The van der Waals surface area contributed by atoms with Crippen LogP contribution in [-0.2, 0) is 4.74 Å². The number of rotatable bonds is 3. The van der Waals surface area contributed by atoms with Crippen LogP contribution >= 0.6 is 0 Å². The molecule has 0 fully saturated rings. The summed E-state index contributed by atoms with van der Waals surface area (Å²) >= 11 is 0. The molecule has 2 aromatic carbocycles. The van der Waals surface area contributed by atoms with Crippen molar-refractivity contribution in [2.75, 3.05) is 6.61 Å². The summed E-state index contributed by atoms with van der Waals surface area (Å²) in [5, 5.41) is 0. The molecule has 2 heterocycles. The zero-order valence-electron chi connectivity index (χ0n) is 15.1. The Hall–Kier alpha value is -3.14. The number of nitrogens with zero attached hydrogens (tertiary/aromatic N) is 2. The van der Waals surface area contributed by atoms with E-state index in [0.29, 0.717) is 12.2 Å². The second-order valence-electron chi connectivity index (χ2n) is 6.42. The molecule has 0 bridgehead atoms. The van der Waals surface area contributed by atoms with Crippen LogP contribution < -0.4 is 0 Å². The Labute approximate surface area is 152 Å². The molecule has 130 valence electrons. The molecule has 26 heavy (non-hydrogen) atoms. The van der Waals surface area contributed by atoms with Crippen molar-refractivity contribution in [1.29, 1.82) is 0 Å². The lowest BCUT2D eigenvalue weighted by atomic mass is 10.0. The Morgan fingerprint density at radius 2 is 1.81 bits per heavy atom. The average molecular weight is 344 g/mol. The minimum atomic E-state index is -0.326. The molecular weight excluding hydrogens is 324 g/mol. The summed E-state index contributed by atoms with van der Waals surface area (Å²) in [4.78, 5) is 17.4. The number of benzene rings is 2.